The summed E-state index contributed by atoms with van der Waals surface area (Å²) in [6, 6.07) is 6.69. The zero-order chi connectivity index (χ0) is 10.3. The van der Waals surface area contributed by atoms with Gasteiger partial charge in [-0.1, -0.05) is 15.9 Å². The molecule has 0 bridgehead atoms. The molecule has 1 atom stereocenters. The van der Waals surface area contributed by atoms with Crippen LogP contribution >= 0.6 is 15.9 Å². The molecule has 2 aromatic rings. The fourth-order valence-electron chi connectivity index (χ4n) is 2.24. The molecule has 1 aromatic heterocycles. The van der Waals surface area contributed by atoms with E-state index < -0.39 is 0 Å². The van der Waals surface area contributed by atoms with Crippen molar-refractivity contribution < 1.29 is 4.42 Å². The van der Waals surface area contributed by atoms with Gasteiger partial charge in [-0.2, -0.15) is 0 Å². The molecule has 2 nitrogen and oxygen atoms in total. The molecule has 78 valence electrons. The van der Waals surface area contributed by atoms with E-state index in [9.17, 15) is 0 Å². The number of hydrogen-bond acceptors (Lipinski definition) is 2. The summed E-state index contributed by atoms with van der Waals surface area (Å²) in [4.78, 5) is 0. The van der Waals surface area contributed by atoms with Crippen LogP contribution in [0.4, 0.5) is 0 Å². The molecule has 0 amide bonds. The summed E-state index contributed by atoms with van der Waals surface area (Å²) >= 11 is 3.45. The highest BCUT2D eigenvalue weighted by atomic mass is 79.9. The van der Waals surface area contributed by atoms with Gasteiger partial charge in [0.05, 0.1) is 6.26 Å². The lowest BCUT2D eigenvalue weighted by atomic mass is 10.0. The quantitative estimate of drug-likeness (QED) is 0.852. The fraction of sp³-hybridized carbons (Fsp3) is 0.333. The highest BCUT2D eigenvalue weighted by molar-refractivity contribution is 9.10. The minimum atomic E-state index is 0.479. The largest absolute Gasteiger partial charge is 0.464 e. The van der Waals surface area contributed by atoms with Gasteiger partial charge in [0.25, 0.3) is 0 Å². The minimum Gasteiger partial charge on any atom is -0.464 e. The van der Waals surface area contributed by atoms with Crippen molar-refractivity contribution in [2.75, 3.05) is 6.54 Å². The van der Waals surface area contributed by atoms with Gasteiger partial charge >= 0.3 is 0 Å². The zero-order valence-corrected chi connectivity index (χ0v) is 9.88. The van der Waals surface area contributed by atoms with Gasteiger partial charge in [0.2, 0.25) is 0 Å². The Hall–Kier alpha value is -0.800. The predicted molar refractivity (Wildman–Crippen MR) is 63.9 cm³/mol. The van der Waals surface area contributed by atoms with Crippen LogP contribution in [0.1, 0.15) is 24.4 Å². The van der Waals surface area contributed by atoms with E-state index in [0.717, 1.165) is 16.6 Å². The van der Waals surface area contributed by atoms with E-state index in [4.69, 9.17) is 4.42 Å². The highest BCUT2D eigenvalue weighted by Crippen LogP contribution is 2.32. The van der Waals surface area contributed by atoms with E-state index in [1.165, 1.54) is 23.8 Å². The van der Waals surface area contributed by atoms with Crippen molar-refractivity contribution in [3.63, 3.8) is 0 Å². The third-order valence-electron chi connectivity index (χ3n) is 3.00. The monoisotopic (exact) mass is 265 g/mol. The Morgan fingerprint density at radius 3 is 3.13 bits per heavy atom. The number of rotatable bonds is 1. The van der Waals surface area contributed by atoms with Crippen LogP contribution in [0.2, 0.25) is 0 Å². The molecule has 0 aliphatic carbocycles. The van der Waals surface area contributed by atoms with E-state index >= 15 is 0 Å². The molecule has 0 spiro atoms. The molecule has 1 aliphatic rings. The number of fused-ring (bicyclic) bond motifs is 1. The van der Waals surface area contributed by atoms with Crippen LogP contribution in [0.25, 0.3) is 11.0 Å². The first kappa shape index (κ1) is 9.43. The Balaban J connectivity index is 2.11. The first-order valence-electron chi connectivity index (χ1n) is 5.24. The fourth-order valence-corrected chi connectivity index (χ4v) is 2.58. The van der Waals surface area contributed by atoms with E-state index in [-0.39, 0.29) is 0 Å². The van der Waals surface area contributed by atoms with Crippen LogP contribution in [-0.4, -0.2) is 6.54 Å². The van der Waals surface area contributed by atoms with Crippen molar-refractivity contribution in [2.45, 2.75) is 18.9 Å². The number of furan rings is 1. The number of hydrogen-bond donors (Lipinski definition) is 1. The van der Waals surface area contributed by atoms with Gasteiger partial charge in [0, 0.05) is 21.5 Å². The molecule has 1 aliphatic heterocycles. The Morgan fingerprint density at radius 2 is 2.33 bits per heavy atom. The van der Waals surface area contributed by atoms with Gasteiger partial charge in [0.15, 0.2) is 0 Å². The van der Waals surface area contributed by atoms with Crippen LogP contribution in [0.15, 0.2) is 33.4 Å². The van der Waals surface area contributed by atoms with Crippen molar-refractivity contribution in [3.8, 4) is 0 Å². The standard InChI is InChI=1S/C12H12BrNO/c13-8-3-4-9-10(7-15-12(9)6-8)11-2-1-5-14-11/h3-4,6-7,11,14H,1-2,5H2. The third kappa shape index (κ3) is 1.60. The zero-order valence-electron chi connectivity index (χ0n) is 8.29. The molecule has 0 saturated carbocycles. The molecule has 0 radical (unpaired) electrons. The second kappa shape index (κ2) is 3.65. The molecule has 1 fully saturated rings. The van der Waals surface area contributed by atoms with Gasteiger partial charge < -0.3 is 9.73 Å². The van der Waals surface area contributed by atoms with Gasteiger partial charge in [-0.05, 0) is 37.6 Å². The normalized spacial score (nSPS) is 21.3. The molecule has 1 N–H and O–H groups in total. The highest BCUT2D eigenvalue weighted by Gasteiger charge is 2.20. The summed E-state index contributed by atoms with van der Waals surface area (Å²) in [6.45, 7) is 1.12. The van der Waals surface area contributed by atoms with Crippen molar-refractivity contribution >= 4 is 26.9 Å². The summed E-state index contributed by atoms with van der Waals surface area (Å²) < 4.78 is 6.64. The maximum atomic E-state index is 5.57. The molecule has 3 heteroatoms. The van der Waals surface area contributed by atoms with E-state index in [1.54, 1.807) is 0 Å². The molecule has 1 saturated heterocycles. The number of nitrogens with one attached hydrogen (secondary N) is 1. The minimum absolute atomic E-state index is 0.479. The van der Waals surface area contributed by atoms with Crippen LogP contribution in [-0.2, 0) is 0 Å². The van der Waals surface area contributed by atoms with Gasteiger partial charge in [-0.3, -0.25) is 0 Å². The van der Waals surface area contributed by atoms with Crippen molar-refractivity contribution in [3.05, 3.63) is 34.5 Å². The first-order valence-corrected chi connectivity index (χ1v) is 6.04. The summed E-state index contributed by atoms with van der Waals surface area (Å²) in [5.74, 6) is 0. The molecular weight excluding hydrogens is 254 g/mol. The Kier molecular flexibility index (Phi) is 2.29. The lowest BCUT2D eigenvalue weighted by Crippen LogP contribution is -2.12. The number of halogens is 1. The third-order valence-corrected chi connectivity index (χ3v) is 3.50. The Morgan fingerprint density at radius 1 is 1.40 bits per heavy atom. The van der Waals surface area contributed by atoms with Crippen molar-refractivity contribution in [2.24, 2.45) is 0 Å². The average molecular weight is 266 g/mol. The van der Waals surface area contributed by atoms with Crippen LogP contribution in [0.3, 0.4) is 0 Å². The van der Waals surface area contributed by atoms with Crippen LogP contribution in [0.5, 0.6) is 0 Å². The van der Waals surface area contributed by atoms with Gasteiger partial charge in [-0.25, -0.2) is 0 Å². The predicted octanol–water partition coefficient (Wildman–Crippen LogP) is 3.62. The lowest BCUT2D eigenvalue weighted by molar-refractivity contribution is 0.586. The van der Waals surface area contributed by atoms with E-state index in [1.807, 2.05) is 12.3 Å². The molecule has 2 heterocycles. The lowest BCUT2D eigenvalue weighted by Gasteiger charge is -2.07. The summed E-state index contributed by atoms with van der Waals surface area (Å²) in [5, 5.41) is 4.73. The Bertz CT molecular complexity index is 485. The van der Waals surface area contributed by atoms with Crippen LogP contribution < -0.4 is 5.32 Å². The molecule has 1 unspecified atom stereocenters. The number of benzene rings is 1. The molecule has 1 aromatic carbocycles. The second-order valence-corrected chi connectivity index (χ2v) is 4.90. The second-order valence-electron chi connectivity index (χ2n) is 3.98. The van der Waals surface area contributed by atoms with Crippen LogP contribution in [0, 0.1) is 0 Å². The van der Waals surface area contributed by atoms with Gasteiger partial charge in [-0.15, -0.1) is 0 Å². The summed E-state index contributed by atoms with van der Waals surface area (Å²) in [5.41, 5.74) is 2.27. The topological polar surface area (TPSA) is 25.2 Å². The van der Waals surface area contributed by atoms with E-state index in [0.29, 0.717) is 6.04 Å². The smallest absolute Gasteiger partial charge is 0.135 e. The average Bonchev–Trinajstić information content (AvgIpc) is 2.82. The summed E-state index contributed by atoms with van der Waals surface area (Å²) in [6.07, 6.45) is 4.36. The van der Waals surface area contributed by atoms with Crippen molar-refractivity contribution in [1.82, 2.24) is 5.32 Å². The van der Waals surface area contributed by atoms with E-state index in [2.05, 4.69) is 33.4 Å². The summed E-state index contributed by atoms with van der Waals surface area (Å²) in [7, 11) is 0. The molecular formula is C12H12BrNO. The molecule has 3 rings (SSSR count). The van der Waals surface area contributed by atoms with Gasteiger partial charge in [0.1, 0.15) is 5.58 Å². The van der Waals surface area contributed by atoms with Crippen molar-refractivity contribution in [1.29, 1.82) is 0 Å². The maximum Gasteiger partial charge on any atom is 0.135 e. The SMILES string of the molecule is Brc1ccc2c(C3CCCN3)coc2c1. The maximum absolute atomic E-state index is 5.57. The molecule has 15 heavy (non-hydrogen) atoms. The Labute approximate surface area is 96.8 Å². The first-order chi connectivity index (χ1) is 7.34.